The Bertz CT molecular complexity index is 442. The van der Waals surface area contributed by atoms with Gasteiger partial charge in [-0.2, -0.15) is 4.98 Å². The Balaban J connectivity index is 1.99. The van der Waals surface area contributed by atoms with Gasteiger partial charge in [0.1, 0.15) is 6.26 Å². The van der Waals surface area contributed by atoms with Gasteiger partial charge in [0.15, 0.2) is 5.69 Å². The molecule has 2 rings (SSSR count). The maximum absolute atomic E-state index is 11.6. The summed E-state index contributed by atoms with van der Waals surface area (Å²) in [5.41, 5.74) is 0.256. The number of hydrogen-bond acceptors (Lipinski definition) is 5. The first-order valence-corrected chi connectivity index (χ1v) is 7.49. The normalized spacial score (nSPS) is 20.0. The van der Waals surface area contributed by atoms with Crippen LogP contribution in [0.25, 0.3) is 0 Å². The van der Waals surface area contributed by atoms with Gasteiger partial charge in [-0.15, -0.1) is 0 Å². The molecule has 0 aliphatic carbocycles. The summed E-state index contributed by atoms with van der Waals surface area (Å²) >= 11 is 0. The molecule has 1 saturated heterocycles. The number of rotatable bonds is 4. The van der Waals surface area contributed by atoms with E-state index in [1.165, 1.54) is 12.7 Å². The van der Waals surface area contributed by atoms with Crippen LogP contribution in [-0.2, 0) is 4.74 Å². The number of carbonyl (C=O) groups excluding carboxylic acids is 1. The lowest BCUT2D eigenvalue weighted by Crippen LogP contribution is -2.25. The topological polar surface area (TPSA) is 55.6 Å². The zero-order valence-electron chi connectivity index (χ0n) is 12.6. The average molecular weight is 280 g/mol. The monoisotopic (exact) mass is 280 g/mol. The van der Waals surface area contributed by atoms with Gasteiger partial charge in [0.25, 0.3) is 6.01 Å². The van der Waals surface area contributed by atoms with E-state index in [-0.39, 0.29) is 5.69 Å². The Labute approximate surface area is 120 Å². The van der Waals surface area contributed by atoms with Crippen LogP contribution >= 0.6 is 0 Å². The highest BCUT2D eigenvalue weighted by atomic mass is 16.5. The number of oxazole rings is 1. The van der Waals surface area contributed by atoms with Crippen LogP contribution < -0.4 is 4.90 Å². The maximum atomic E-state index is 11.6. The maximum Gasteiger partial charge on any atom is 0.360 e. The van der Waals surface area contributed by atoms with E-state index in [1.54, 1.807) is 6.92 Å². The van der Waals surface area contributed by atoms with E-state index in [9.17, 15) is 4.79 Å². The van der Waals surface area contributed by atoms with E-state index >= 15 is 0 Å². The largest absolute Gasteiger partial charge is 0.461 e. The minimum Gasteiger partial charge on any atom is -0.461 e. The molecule has 1 aliphatic rings. The molecular formula is C15H24N2O3. The van der Waals surface area contributed by atoms with Crippen LogP contribution in [0.15, 0.2) is 10.7 Å². The standard InChI is InChI=1S/C15H24N2O3/c1-4-19-14(18)13-10-20-15(16-13)17-8-5-6-12(7-9-17)11(2)3/h10-12H,4-9H2,1-3H3. The van der Waals surface area contributed by atoms with Crippen LogP contribution in [0.1, 0.15) is 50.5 Å². The molecule has 1 unspecified atom stereocenters. The van der Waals surface area contributed by atoms with Crippen molar-refractivity contribution in [2.24, 2.45) is 11.8 Å². The second-order valence-electron chi connectivity index (χ2n) is 5.66. The molecule has 0 aromatic carbocycles. The molecule has 112 valence electrons. The number of anilines is 1. The predicted molar refractivity (Wildman–Crippen MR) is 76.9 cm³/mol. The first-order valence-electron chi connectivity index (χ1n) is 7.49. The van der Waals surface area contributed by atoms with Crippen molar-refractivity contribution in [1.82, 2.24) is 4.98 Å². The Hall–Kier alpha value is -1.52. The van der Waals surface area contributed by atoms with Crippen molar-refractivity contribution in [2.45, 2.75) is 40.0 Å². The Morgan fingerprint density at radius 1 is 1.50 bits per heavy atom. The molecular weight excluding hydrogens is 256 g/mol. The van der Waals surface area contributed by atoms with Crippen molar-refractivity contribution in [3.05, 3.63) is 12.0 Å². The van der Waals surface area contributed by atoms with E-state index in [0.29, 0.717) is 12.6 Å². The molecule has 0 bridgehead atoms. The fourth-order valence-electron chi connectivity index (χ4n) is 2.69. The molecule has 2 heterocycles. The number of ether oxygens (including phenoxy) is 1. The van der Waals surface area contributed by atoms with Crippen LogP contribution in [0.2, 0.25) is 0 Å². The van der Waals surface area contributed by atoms with E-state index in [1.807, 2.05) is 0 Å². The lowest BCUT2D eigenvalue weighted by molar-refractivity contribution is 0.0519. The van der Waals surface area contributed by atoms with Crippen molar-refractivity contribution < 1.29 is 13.9 Å². The second kappa shape index (κ2) is 6.77. The summed E-state index contributed by atoms with van der Waals surface area (Å²) in [6.07, 6.45) is 4.92. The fraction of sp³-hybridized carbons (Fsp3) is 0.733. The SMILES string of the molecule is CCOC(=O)c1coc(N2CCCC(C(C)C)CC2)n1. The van der Waals surface area contributed by atoms with Crippen molar-refractivity contribution >= 4 is 12.0 Å². The zero-order chi connectivity index (χ0) is 14.5. The molecule has 0 saturated carbocycles. The van der Waals surface area contributed by atoms with Crippen LogP contribution in [0.4, 0.5) is 6.01 Å². The van der Waals surface area contributed by atoms with Crippen LogP contribution in [-0.4, -0.2) is 30.6 Å². The Kier molecular flexibility index (Phi) is 5.04. The van der Waals surface area contributed by atoms with Gasteiger partial charge in [0, 0.05) is 13.1 Å². The minimum atomic E-state index is -0.419. The first kappa shape index (κ1) is 14.9. The number of nitrogens with zero attached hydrogens (tertiary/aromatic N) is 2. The van der Waals surface area contributed by atoms with E-state index in [2.05, 4.69) is 23.7 Å². The number of aromatic nitrogens is 1. The van der Waals surface area contributed by atoms with E-state index in [0.717, 1.165) is 37.8 Å². The van der Waals surface area contributed by atoms with Crippen molar-refractivity contribution in [3.8, 4) is 0 Å². The lowest BCUT2D eigenvalue weighted by Gasteiger charge is -2.19. The molecule has 20 heavy (non-hydrogen) atoms. The van der Waals surface area contributed by atoms with Gasteiger partial charge in [-0.3, -0.25) is 0 Å². The van der Waals surface area contributed by atoms with Crippen LogP contribution in [0.5, 0.6) is 0 Å². The van der Waals surface area contributed by atoms with Gasteiger partial charge >= 0.3 is 5.97 Å². The lowest BCUT2D eigenvalue weighted by atomic mass is 9.89. The molecule has 0 N–H and O–H groups in total. The van der Waals surface area contributed by atoms with Crippen molar-refractivity contribution in [2.75, 3.05) is 24.6 Å². The summed E-state index contributed by atoms with van der Waals surface area (Å²) in [6.45, 7) is 8.56. The van der Waals surface area contributed by atoms with E-state index < -0.39 is 5.97 Å². The number of carbonyl (C=O) groups is 1. The summed E-state index contributed by atoms with van der Waals surface area (Å²) in [5.74, 6) is 1.06. The molecule has 1 aromatic rings. The fourth-order valence-corrected chi connectivity index (χ4v) is 2.69. The summed E-state index contributed by atoms with van der Waals surface area (Å²) in [7, 11) is 0. The second-order valence-corrected chi connectivity index (χ2v) is 5.66. The highest BCUT2D eigenvalue weighted by molar-refractivity contribution is 5.87. The molecule has 0 amide bonds. The zero-order valence-corrected chi connectivity index (χ0v) is 12.6. The summed E-state index contributed by atoms with van der Waals surface area (Å²) in [6, 6.07) is 0.539. The van der Waals surface area contributed by atoms with E-state index in [4.69, 9.17) is 9.15 Å². The molecule has 1 aromatic heterocycles. The summed E-state index contributed by atoms with van der Waals surface area (Å²) < 4.78 is 10.4. The molecule has 5 heteroatoms. The van der Waals surface area contributed by atoms with Gasteiger partial charge in [-0.25, -0.2) is 4.79 Å². The van der Waals surface area contributed by atoms with Crippen LogP contribution in [0.3, 0.4) is 0 Å². The highest BCUT2D eigenvalue weighted by Gasteiger charge is 2.23. The molecule has 1 fully saturated rings. The molecule has 1 atom stereocenters. The van der Waals surface area contributed by atoms with Crippen molar-refractivity contribution in [1.29, 1.82) is 0 Å². The summed E-state index contributed by atoms with van der Waals surface area (Å²) in [5, 5.41) is 0. The third-order valence-electron chi connectivity index (χ3n) is 3.96. The number of hydrogen-bond donors (Lipinski definition) is 0. The molecule has 1 aliphatic heterocycles. The smallest absolute Gasteiger partial charge is 0.360 e. The Morgan fingerprint density at radius 3 is 3.00 bits per heavy atom. The quantitative estimate of drug-likeness (QED) is 0.793. The predicted octanol–water partition coefficient (Wildman–Crippen LogP) is 3.11. The van der Waals surface area contributed by atoms with Gasteiger partial charge in [0.2, 0.25) is 0 Å². The van der Waals surface area contributed by atoms with Gasteiger partial charge in [-0.05, 0) is 38.0 Å². The highest BCUT2D eigenvalue weighted by Crippen LogP contribution is 2.27. The minimum absolute atomic E-state index is 0.256. The molecule has 0 radical (unpaired) electrons. The molecule has 5 nitrogen and oxygen atoms in total. The number of esters is 1. The van der Waals surface area contributed by atoms with Gasteiger partial charge in [0.05, 0.1) is 6.61 Å². The molecule has 0 spiro atoms. The first-order chi connectivity index (χ1) is 9.61. The third-order valence-corrected chi connectivity index (χ3v) is 3.96. The average Bonchev–Trinajstić information content (AvgIpc) is 2.77. The summed E-state index contributed by atoms with van der Waals surface area (Å²) in [4.78, 5) is 18.0. The third kappa shape index (κ3) is 3.52. The van der Waals surface area contributed by atoms with Gasteiger partial charge < -0.3 is 14.1 Å². The van der Waals surface area contributed by atoms with Crippen LogP contribution in [0, 0.1) is 11.8 Å². The van der Waals surface area contributed by atoms with Crippen molar-refractivity contribution in [3.63, 3.8) is 0 Å². The Morgan fingerprint density at radius 2 is 2.30 bits per heavy atom. The van der Waals surface area contributed by atoms with Gasteiger partial charge in [-0.1, -0.05) is 13.8 Å².